The van der Waals surface area contributed by atoms with Crippen LogP contribution >= 0.6 is 11.3 Å². The van der Waals surface area contributed by atoms with Gasteiger partial charge in [0.2, 0.25) is 4.80 Å². The molecule has 0 radical (unpaired) electrons. The summed E-state index contributed by atoms with van der Waals surface area (Å²) in [5, 5.41) is 0. The van der Waals surface area contributed by atoms with Crippen molar-refractivity contribution in [2.75, 3.05) is 14.2 Å². The normalized spacial score (nSPS) is 12.5. The van der Waals surface area contributed by atoms with Gasteiger partial charge in [-0.3, -0.25) is 0 Å². The first-order valence-corrected chi connectivity index (χ1v) is 10.3. The number of hydrogen-bond acceptors (Lipinski definition) is 5. The third kappa shape index (κ3) is 3.22. The summed E-state index contributed by atoms with van der Waals surface area (Å²) >= 11 is 1.35. The molecule has 26 heavy (non-hydrogen) atoms. The highest BCUT2D eigenvalue weighted by Gasteiger charge is 2.17. The largest absolute Gasteiger partial charge is 0.497 e. The molecule has 138 valence electrons. The van der Waals surface area contributed by atoms with Crippen molar-refractivity contribution < 1.29 is 17.9 Å². The molecule has 0 saturated heterocycles. The zero-order valence-corrected chi connectivity index (χ0v) is 16.6. The first-order chi connectivity index (χ1) is 12.4. The fourth-order valence-corrected chi connectivity index (χ4v) is 5.09. The smallest absolute Gasteiger partial charge is 0.285 e. The molecule has 6 nitrogen and oxygen atoms in total. The summed E-state index contributed by atoms with van der Waals surface area (Å²) in [6.07, 6.45) is 0. The van der Waals surface area contributed by atoms with E-state index in [1.165, 1.54) is 30.6 Å². The molecule has 0 amide bonds. The van der Waals surface area contributed by atoms with Crippen molar-refractivity contribution in [3.05, 3.63) is 46.8 Å². The molecule has 2 aromatic carbocycles. The lowest BCUT2D eigenvalue weighted by Gasteiger charge is -2.07. The Morgan fingerprint density at radius 3 is 2.35 bits per heavy atom. The van der Waals surface area contributed by atoms with Gasteiger partial charge in [0.25, 0.3) is 10.0 Å². The number of thiazole rings is 1. The highest BCUT2D eigenvalue weighted by atomic mass is 32.2. The predicted molar refractivity (Wildman–Crippen MR) is 103 cm³/mol. The van der Waals surface area contributed by atoms with Crippen LogP contribution in [0.15, 0.2) is 45.7 Å². The fourth-order valence-electron chi connectivity index (χ4n) is 2.71. The predicted octanol–water partition coefficient (Wildman–Crippen LogP) is 3.34. The highest BCUT2D eigenvalue weighted by Crippen LogP contribution is 2.30. The first-order valence-electron chi connectivity index (χ1n) is 8.03. The maximum atomic E-state index is 12.7. The summed E-state index contributed by atoms with van der Waals surface area (Å²) in [6, 6.07) is 10.0. The van der Waals surface area contributed by atoms with Crippen LogP contribution in [0.4, 0.5) is 0 Å². The molecule has 0 aliphatic heterocycles. The average molecular weight is 393 g/mol. The lowest BCUT2D eigenvalue weighted by molar-refractivity contribution is 0.414. The zero-order chi connectivity index (χ0) is 18.9. The van der Waals surface area contributed by atoms with Gasteiger partial charge in [-0.25, -0.2) is 0 Å². The molecule has 8 heteroatoms. The minimum Gasteiger partial charge on any atom is -0.497 e. The van der Waals surface area contributed by atoms with Gasteiger partial charge in [0.15, 0.2) is 0 Å². The lowest BCUT2D eigenvalue weighted by Crippen LogP contribution is -2.16. The molecule has 0 N–H and O–H groups in total. The Morgan fingerprint density at radius 1 is 1.08 bits per heavy atom. The molecular weight excluding hydrogens is 372 g/mol. The van der Waals surface area contributed by atoms with Gasteiger partial charge in [-0.15, -0.1) is 4.40 Å². The standard InChI is InChI=1S/C18H20N2O4S2/c1-5-20-16-15(24-4)11-6-12(2)17(16)25-18(20)19-26(21,22)14-9-7-13(23-3)8-10-14/h6-11H,5H2,1-4H3. The molecule has 0 fully saturated rings. The molecule has 1 aromatic heterocycles. The quantitative estimate of drug-likeness (QED) is 0.668. The van der Waals surface area contributed by atoms with Crippen LogP contribution in [-0.4, -0.2) is 27.2 Å². The van der Waals surface area contributed by atoms with E-state index in [1.54, 1.807) is 19.2 Å². The Kier molecular flexibility index (Phi) is 5.06. The van der Waals surface area contributed by atoms with Crippen molar-refractivity contribution in [2.24, 2.45) is 4.40 Å². The van der Waals surface area contributed by atoms with Crippen LogP contribution in [0.2, 0.25) is 0 Å². The zero-order valence-electron chi connectivity index (χ0n) is 15.0. The first kappa shape index (κ1) is 18.5. The maximum absolute atomic E-state index is 12.7. The number of fused-ring (bicyclic) bond motifs is 1. The van der Waals surface area contributed by atoms with Crippen LogP contribution in [-0.2, 0) is 16.6 Å². The average Bonchev–Trinajstić information content (AvgIpc) is 3.00. The minimum absolute atomic E-state index is 0.127. The van der Waals surface area contributed by atoms with E-state index in [0.29, 0.717) is 22.8 Å². The Labute approximate surface area is 156 Å². The van der Waals surface area contributed by atoms with Gasteiger partial charge in [-0.2, -0.15) is 8.42 Å². The SMILES string of the molecule is CCn1c(=NS(=O)(=O)c2ccc(OC)cc2)sc2c(C)ccc(OC)c21. The van der Waals surface area contributed by atoms with E-state index < -0.39 is 10.0 Å². The van der Waals surface area contributed by atoms with Crippen LogP contribution < -0.4 is 14.3 Å². The Balaban J connectivity index is 2.24. The van der Waals surface area contributed by atoms with Crippen molar-refractivity contribution in [3.63, 3.8) is 0 Å². The minimum atomic E-state index is -3.83. The molecular formula is C18H20N2O4S2. The molecule has 0 spiro atoms. The van der Waals surface area contributed by atoms with Crippen molar-refractivity contribution in [2.45, 2.75) is 25.3 Å². The number of sulfonamides is 1. The number of rotatable bonds is 5. The van der Waals surface area contributed by atoms with Gasteiger partial charge in [-0.1, -0.05) is 17.4 Å². The van der Waals surface area contributed by atoms with Gasteiger partial charge in [0.05, 0.1) is 23.8 Å². The fraction of sp³-hybridized carbons (Fsp3) is 0.278. The maximum Gasteiger partial charge on any atom is 0.285 e. The van der Waals surface area contributed by atoms with Gasteiger partial charge >= 0.3 is 0 Å². The molecule has 0 bridgehead atoms. The Hall–Kier alpha value is -2.32. The van der Waals surface area contributed by atoms with Crippen molar-refractivity contribution in [1.82, 2.24) is 4.57 Å². The molecule has 0 unspecified atom stereocenters. The van der Waals surface area contributed by atoms with E-state index in [4.69, 9.17) is 9.47 Å². The Bertz CT molecular complexity index is 1110. The van der Waals surface area contributed by atoms with Crippen LogP contribution in [0.1, 0.15) is 12.5 Å². The van der Waals surface area contributed by atoms with Crippen molar-refractivity contribution in [1.29, 1.82) is 0 Å². The summed E-state index contributed by atoms with van der Waals surface area (Å²) < 4.78 is 42.9. The molecule has 3 aromatic rings. The van der Waals surface area contributed by atoms with Crippen LogP contribution in [0.25, 0.3) is 10.2 Å². The van der Waals surface area contributed by atoms with E-state index >= 15 is 0 Å². The van der Waals surface area contributed by atoms with E-state index in [1.807, 2.05) is 30.5 Å². The van der Waals surface area contributed by atoms with E-state index in [2.05, 4.69) is 4.40 Å². The Morgan fingerprint density at radius 2 is 1.77 bits per heavy atom. The number of methoxy groups -OCH3 is 2. The molecule has 1 heterocycles. The summed E-state index contributed by atoms with van der Waals surface area (Å²) in [7, 11) is -0.696. The van der Waals surface area contributed by atoms with Gasteiger partial charge in [0, 0.05) is 6.54 Å². The summed E-state index contributed by atoms with van der Waals surface area (Å²) in [5.41, 5.74) is 1.92. The van der Waals surface area contributed by atoms with Gasteiger partial charge in [-0.05, 0) is 49.7 Å². The number of benzene rings is 2. The third-order valence-corrected chi connectivity index (χ3v) is 6.69. The topological polar surface area (TPSA) is 69.9 Å². The highest BCUT2D eigenvalue weighted by molar-refractivity contribution is 7.90. The van der Waals surface area contributed by atoms with E-state index in [0.717, 1.165) is 15.8 Å². The number of ether oxygens (including phenoxy) is 2. The molecule has 3 rings (SSSR count). The second-order valence-electron chi connectivity index (χ2n) is 5.63. The summed E-state index contributed by atoms with van der Waals surface area (Å²) in [4.78, 5) is 0.549. The number of nitrogens with zero attached hydrogens (tertiary/aromatic N) is 2. The molecule has 0 saturated carbocycles. The van der Waals surface area contributed by atoms with Crippen molar-refractivity contribution in [3.8, 4) is 11.5 Å². The molecule has 0 atom stereocenters. The van der Waals surface area contributed by atoms with E-state index in [9.17, 15) is 8.42 Å². The van der Waals surface area contributed by atoms with Crippen molar-refractivity contribution >= 4 is 31.6 Å². The molecule has 0 aliphatic rings. The number of aryl methyl sites for hydroxylation is 2. The summed E-state index contributed by atoms with van der Waals surface area (Å²) in [5.74, 6) is 1.29. The second-order valence-corrected chi connectivity index (χ2v) is 8.21. The number of aromatic nitrogens is 1. The third-order valence-electron chi connectivity index (χ3n) is 4.08. The monoisotopic (exact) mass is 392 g/mol. The molecule has 0 aliphatic carbocycles. The van der Waals surface area contributed by atoms with E-state index in [-0.39, 0.29) is 4.90 Å². The van der Waals surface area contributed by atoms with Crippen LogP contribution in [0.3, 0.4) is 0 Å². The van der Waals surface area contributed by atoms with Gasteiger partial charge < -0.3 is 14.0 Å². The number of hydrogen-bond donors (Lipinski definition) is 0. The lowest BCUT2D eigenvalue weighted by atomic mass is 10.2. The van der Waals surface area contributed by atoms with Crippen LogP contribution in [0, 0.1) is 6.92 Å². The second kappa shape index (κ2) is 7.13. The summed E-state index contributed by atoms with van der Waals surface area (Å²) in [6.45, 7) is 4.52. The van der Waals surface area contributed by atoms with Crippen LogP contribution in [0.5, 0.6) is 11.5 Å². The van der Waals surface area contributed by atoms with Gasteiger partial charge in [0.1, 0.15) is 17.0 Å².